The summed E-state index contributed by atoms with van der Waals surface area (Å²) in [7, 11) is 0. The van der Waals surface area contributed by atoms with Crippen molar-refractivity contribution in [3.05, 3.63) is 0 Å². The molecule has 3 unspecified atom stereocenters. The second-order valence-electron chi connectivity index (χ2n) is 5.13. The third-order valence-electron chi connectivity index (χ3n) is 3.82. The maximum atomic E-state index is 12.9. The number of halogens is 4. The highest BCUT2D eigenvalue weighted by molar-refractivity contribution is 9.09. The smallest absolute Gasteiger partial charge is 0.353 e. The molecule has 1 N–H and O–H groups in total. The fourth-order valence-corrected chi connectivity index (χ4v) is 3.21. The Morgan fingerprint density at radius 1 is 1.37 bits per heavy atom. The van der Waals surface area contributed by atoms with Crippen molar-refractivity contribution in [2.75, 3.05) is 5.33 Å². The predicted molar refractivity (Wildman–Crippen MR) is 72.1 cm³/mol. The summed E-state index contributed by atoms with van der Waals surface area (Å²) in [5.41, 5.74) is 0. The van der Waals surface area contributed by atoms with Crippen molar-refractivity contribution >= 4 is 21.8 Å². The van der Waals surface area contributed by atoms with Crippen molar-refractivity contribution in [3.8, 4) is 0 Å². The summed E-state index contributed by atoms with van der Waals surface area (Å²) < 4.78 is 38.8. The third kappa shape index (κ3) is 4.97. The Hall–Kier alpha value is -0.260. The van der Waals surface area contributed by atoms with Crippen LogP contribution in [0.25, 0.3) is 0 Å². The lowest BCUT2D eigenvalue weighted by Gasteiger charge is -2.33. The summed E-state index contributed by atoms with van der Waals surface area (Å²) in [5, 5.41) is 3.51. The van der Waals surface area contributed by atoms with Gasteiger partial charge in [-0.25, -0.2) is 0 Å². The largest absolute Gasteiger partial charge is 0.392 e. The summed E-state index contributed by atoms with van der Waals surface area (Å²) in [6, 6.07) is -0.0392. The molecular weight excluding hydrogens is 323 g/mol. The summed E-state index contributed by atoms with van der Waals surface area (Å²) >= 11 is 3.29. The van der Waals surface area contributed by atoms with Gasteiger partial charge in [-0.1, -0.05) is 35.7 Å². The quantitative estimate of drug-likeness (QED) is 0.750. The topological polar surface area (TPSA) is 29.1 Å². The first-order chi connectivity index (χ1) is 8.90. The van der Waals surface area contributed by atoms with E-state index in [-0.39, 0.29) is 12.5 Å². The van der Waals surface area contributed by atoms with Gasteiger partial charge in [-0.2, -0.15) is 13.2 Å². The van der Waals surface area contributed by atoms with Crippen LogP contribution >= 0.6 is 15.9 Å². The van der Waals surface area contributed by atoms with Crippen LogP contribution in [0.5, 0.6) is 0 Å². The number of rotatable bonds is 5. The van der Waals surface area contributed by atoms with Gasteiger partial charge in [-0.3, -0.25) is 4.79 Å². The molecule has 0 bridgehead atoms. The standard InChI is InChI=1S/C13H21BrF3NO/c1-2-9(7-8-14)18-12(19)10-5-3-4-6-11(10)13(15,16)17/h9-11H,2-8H2,1H3,(H,18,19). The van der Waals surface area contributed by atoms with Crippen molar-refractivity contribution in [1.82, 2.24) is 5.32 Å². The van der Waals surface area contributed by atoms with Crippen molar-refractivity contribution in [1.29, 1.82) is 0 Å². The average Bonchev–Trinajstić information content (AvgIpc) is 2.37. The molecule has 1 aliphatic carbocycles. The fraction of sp³-hybridized carbons (Fsp3) is 0.923. The SMILES string of the molecule is CCC(CCBr)NC(=O)C1CCCCC1C(F)(F)F. The predicted octanol–water partition coefficient (Wildman–Crippen LogP) is 4.03. The molecule has 0 heterocycles. The molecule has 0 aromatic carbocycles. The van der Waals surface area contributed by atoms with Gasteiger partial charge in [0.25, 0.3) is 0 Å². The van der Waals surface area contributed by atoms with E-state index >= 15 is 0 Å². The maximum absolute atomic E-state index is 12.9. The Bertz CT molecular complexity index is 296. The lowest BCUT2D eigenvalue weighted by atomic mass is 9.78. The number of alkyl halides is 4. The molecule has 0 saturated heterocycles. The van der Waals surface area contributed by atoms with Crippen LogP contribution in [0, 0.1) is 11.8 Å². The van der Waals surface area contributed by atoms with Gasteiger partial charge in [0, 0.05) is 17.3 Å². The molecule has 1 rings (SSSR count). The molecule has 1 aliphatic rings. The highest BCUT2D eigenvalue weighted by atomic mass is 79.9. The van der Waals surface area contributed by atoms with Crippen LogP contribution in [-0.4, -0.2) is 23.5 Å². The summed E-state index contributed by atoms with van der Waals surface area (Å²) in [5.74, 6) is -2.80. The number of carbonyl (C=O) groups excluding carboxylic acids is 1. The molecule has 1 saturated carbocycles. The van der Waals surface area contributed by atoms with Gasteiger partial charge in [0.1, 0.15) is 0 Å². The fourth-order valence-electron chi connectivity index (χ4n) is 2.65. The summed E-state index contributed by atoms with van der Waals surface area (Å²) in [6.45, 7) is 1.93. The Morgan fingerprint density at radius 2 is 2.00 bits per heavy atom. The minimum absolute atomic E-state index is 0.0392. The van der Waals surface area contributed by atoms with Gasteiger partial charge in [-0.05, 0) is 25.7 Å². The maximum Gasteiger partial charge on any atom is 0.392 e. The Morgan fingerprint density at radius 3 is 2.53 bits per heavy atom. The van der Waals surface area contributed by atoms with Crippen molar-refractivity contribution in [2.45, 2.75) is 57.7 Å². The van der Waals surface area contributed by atoms with Crippen LogP contribution in [0.1, 0.15) is 45.4 Å². The zero-order valence-corrected chi connectivity index (χ0v) is 12.7. The van der Waals surface area contributed by atoms with Crippen LogP contribution < -0.4 is 5.32 Å². The van der Waals surface area contributed by atoms with Crippen LogP contribution in [0.4, 0.5) is 13.2 Å². The molecule has 0 spiro atoms. The highest BCUT2D eigenvalue weighted by Crippen LogP contribution is 2.41. The molecule has 0 aromatic heterocycles. The van der Waals surface area contributed by atoms with Gasteiger partial charge in [-0.15, -0.1) is 0 Å². The number of amides is 1. The normalized spacial score (nSPS) is 25.9. The van der Waals surface area contributed by atoms with E-state index < -0.39 is 23.9 Å². The van der Waals surface area contributed by atoms with Crippen LogP contribution in [0.2, 0.25) is 0 Å². The van der Waals surface area contributed by atoms with E-state index in [1.165, 1.54) is 0 Å². The monoisotopic (exact) mass is 343 g/mol. The second kappa shape index (κ2) is 7.50. The van der Waals surface area contributed by atoms with E-state index in [1.807, 2.05) is 6.92 Å². The molecule has 1 fully saturated rings. The minimum Gasteiger partial charge on any atom is -0.353 e. The number of nitrogens with one attached hydrogen (secondary N) is 1. The molecule has 0 aromatic rings. The third-order valence-corrected chi connectivity index (χ3v) is 4.28. The van der Waals surface area contributed by atoms with Gasteiger partial charge in [0.05, 0.1) is 5.92 Å². The first-order valence-electron chi connectivity index (χ1n) is 6.83. The van der Waals surface area contributed by atoms with Crippen LogP contribution in [0.15, 0.2) is 0 Å². The zero-order valence-electron chi connectivity index (χ0n) is 11.1. The Balaban J connectivity index is 2.66. The molecule has 2 nitrogen and oxygen atoms in total. The van der Waals surface area contributed by atoms with E-state index in [0.29, 0.717) is 19.3 Å². The minimum atomic E-state index is -4.26. The lowest BCUT2D eigenvalue weighted by Crippen LogP contribution is -2.45. The average molecular weight is 344 g/mol. The number of hydrogen-bond acceptors (Lipinski definition) is 1. The molecule has 112 valence electrons. The van der Waals surface area contributed by atoms with Gasteiger partial charge in [0.15, 0.2) is 0 Å². The molecular formula is C13H21BrF3NO. The second-order valence-corrected chi connectivity index (χ2v) is 5.92. The van der Waals surface area contributed by atoms with Crippen LogP contribution in [0.3, 0.4) is 0 Å². The van der Waals surface area contributed by atoms with E-state index in [2.05, 4.69) is 21.2 Å². The van der Waals surface area contributed by atoms with E-state index in [4.69, 9.17) is 0 Å². The van der Waals surface area contributed by atoms with Crippen molar-refractivity contribution in [3.63, 3.8) is 0 Å². The van der Waals surface area contributed by atoms with E-state index in [1.54, 1.807) is 0 Å². The molecule has 3 atom stereocenters. The van der Waals surface area contributed by atoms with Crippen LogP contribution in [-0.2, 0) is 4.79 Å². The zero-order chi connectivity index (χ0) is 14.5. The highest BCUT2D eigenvalue weighted by Gasteiger charge is 2.48. The number of carbonyl (C=O) groups is 1. The summed E-state index contributed by atoms with van der Waals surface area (Å²) in [4.78, 5) is 12.1. The summed E-state index contributed by atoms with van der Waals surface area (Å²) in [6.07, 6.45) is -1.09. The Kier molecular flexibility index (Phi) is 6.63. The van der Waals surface area contributed by atoms with Gasteiger partial charge in [0.2, 0.25) is 5.91 Å². The number of hydrogen-bond donors (Lipinski definition) is 1. The van der Waals surface area contributed by atoms with E-state index in [0.717, 1.165) is 18.2 Å². The van der Waals surface area contributed by atoms with Gasteiger partial charge >= 0.3 is 6.18 Å². The molecule has 6 heteroatoms. The first-order valence-corrected chi connectivity index (χ1v) is 7.95. The van der Waals surface area contributed by atoms with Crippen molar-refractivity contribution < 1.29 is 18.0 Å². The molecule has 19 heavy (non-hydrogen) atoms. The van der Waals surface area contributed by atoms with Crippen molar-refractivity contribution in [2.24, 2.45) is 11.8 Å². The van der Waals surface area contributed by atoms with E-state index in [9.17, 15) is 18.0 Å². The van der Waals surface area contributed by atoms with Gasteiger partial charge < -0.3 is 5.32 Å². The Labute approximate surface area is 120 Å². The first kappa shape index (κ1) is 16.8. The molecule has 0 radical (unpaired) electrons. The molecule has 1 amide bonds. The molecule has 0 aliphatic heterocycles. The lowest BCUT2D eigenvalue weighted by molar-refractivity contribution is -0.198.